The van der Waals surface area contributed by atoms with E-state index in [1.807, 2.05) is 4.90 Å². The summed E-state index contributed by atoms with van der Waals surface area (Å²) in [6.45, 7) is 4.38. The predicted molar refractivity (Wildman–Crippen MR) is 74.7 cm³/mol. The van der Waals surface area contributed by atoms with E-state index in [0.29, 0.717) is 19.3 Å². The SMILES string of the molecule is C=NCN(C=NCC=N)C1CCC(CSC)O1. The summed E-state index contributed by atoms with van der Waals surface area (Å²) in [6, 6.07) is 0. The van der Waals surface area contributed by atoms with Gasteiger partial charge in [-0.25, -0.2) is 0 Å². The van der Waals surface area contributed by atoms with Crippen LogP contribution >= 0.6 is 11.8 Å². The second kappa shape index (κ2) is 8.25. The minimum atomic E-state index is 0.0483. The molecule has 1 rings (SSSR count). The van der Waals surface area contributed by atoms with Gasteiger partial charge in [0.25, 0.3) is 0 Å². The van der Waals surface area contributed by atoms with Gasteiger partial charge in [0.2, 0.25) is 0 Å². The van der Waals surface area contributed by atoms with Crippen molar-refractivity contribution in [3.63, 3.8) is 0 Å². The number of rotatable bonds is 8. The average molecular weight is 256 g/mol. The maximum absolute atomic E-state index is 6.92. The van der Waals surface area contributed by atoms with Crippen molar-refractivity contribution < 1.29 is 4.74 Å². The molecule has 2 atom stereocenters. The molecule has 1 heterocycles. The Kier molecular flexibility index (Phi) is 6.88. The number of nitrogens with zero attached hydrogens (tertiary/aromatic N) is 3. The molecule has 2 unspecified atom stereocenters. The van der Waals surface area contributed by atoms with Gasteiger partial charge in [0.1, 0.15) is 12.9 Å². The van der Waals surface area contributed by atoms with E-state index in [9.17, 15) is 0 Å². The first-order chi connectivity index (χ1) is 8.31. The molecule has 0 aliphatic carbocycles. The van der Waals surface area contributed by atoms with E-state index in [1.165, 1.54) is 6.21 Å². The molecule has 0 aromatic carbocycles. The van der Waals surface area contributed by atoms with Gasteiger partial charge in [0.15, 0.2) is 0 Å². The fourth-order valence-electron chi connectivity index (χ4n) is 1.76. The van der Waals surface area contributed by atoms with Gasteiger partial charge in [-0.2, -0.15) is 11.8 Å². The molecular weight excluding hydrogens is 236 g/mol. The molecule has 1 saturated heterocycles. The third kappa shape index (κ3) is 4.87. The summed E-state index contributed by atoms with van der Waals surface area (Å²) in [5.41, 5.74) is 0. The zero-order chi connectivity index (χ0) is 12.5. The van der Waals surface area contributed by atoms with Crippen molar-refractivity contribution in [2.45, 2.75) is 25.2 Å². The van der Waals surface area contributed by atoms with Crippen molar-refractivity contribution in [3.05, 3.63) is 0 Å². The van der Waals surface area contributed by atoms with Gasteiger partial charge in [-0.05, 0) is 25.8 Å². The van der Waals surface area contributed by atoms with Crippen molar-refractivity contribution in [2.75, 3.05) is 25.2 Å². The topological polar surface area (TPSA) is 61.0 Å². The summed E-state index contributed by atoms with van der Waals surface area (Å²) in [7, 11) is 0. The third-order valence-corrected chi connectivity index (χ3v) is 3.20. The number of hydrogen-bond donors (Lipinski definition) is 1. The molecule has 6 heteroatoms. The molecule has 0 aromatic rings. The monoisotopic (exact) mass is 256 g/mol. The Hall–Kier alpha value is -0.880. The maximum atomic E-state index is 6.92. The second-order valence-electron chi connectivity index (χ2n) is 3.81. The summed E-state index contributed by atoms with van der Waals surface area (Å²) < 4.78 is 5.92. The van der Waals surface area contributed by atoms with Crippen LogP contribution in [0.15, 0.2) is 9.98 Å². The third-order valence-electron chi connectivity index (χ3n) is 2.50. The van der Waals surface area contributed by atoms with Gasteiger partial charge in [0.05, 0.1) is 19.0 Å². The van der Waals surface area contributed by atoms with E-state index in [0.717, 1.165) is 18.6 Å². The van der Waals surface area contributed by atoms with Gasteiger partial charge in [-0.1, -0.05) is 0 Å². The number of aliphatic imine (C=N–C) groups is 2. The molecule has 1 aliphatic rings. The van der Waals surface area contributed by atoms with Crippen molar-refractivity contribution in [1.82, 2.24) is 4.90 Å². The lowest BCUT2D eigenvalue weighted by Gasteiger charge is -2.24. The van der Waals surface area contributed by atoms with E-state index in [4.69, 9.17) is 10.1 Å². The standard InChI is InChI=1S/C11H20N4OS/c1-13-8-15(9-14-6-5-12)11-4-3-10(16-11)7-17-2/h5,9-12H,1,3-4,6-8H2,2H3. The zero-order valence-electron chi connectivity index (χ0n) is 10.2. The molecule has 0 saturated carbocycles. The normalized spacial score (nSPS) is 24.1. The molecule has 0 amide bonds. The van der Waals surface area contributed by atoms with E-state index in [-0.39, 0.29) is 6.23 Å². The second-order valence-corrected chi connectivity index (χ2v) is 4.72. The molecule has 5 nitrogen and oxygen atoms in total. The Balaban J connectivity index is 2.47. The first kappa shape index (κ1) is 14.2. The van der Waals surface area contributed by atoms with Crippen LogP contribution in [0.2, 0.25) is 0 Å². The molecule has 1 aliphatic heterocycles. The number of nitrogens with one attached hydrogen (secondary N) is 1. The minimum absolute atomic E-state index is 0.0483. The van der Waals surface area contributed by atoms with Crippen molar-refractivity contribution in [1.29, 1.82) is 5.41 Å². The van der Waals surface area contributed by atoms with Crippen LogP contribution in [-0.2, 0) is 4.74 Å². The Morgan fingerprint density at radius 2 is 2.41 bits per heavy atom. The van der Waals surface area contributed by atoms with E-state index < -0.39 is 0 Å². The number of hydrogen-bond acceptors (Lipinski definition) is 5. The number of ether oxygens (including phenoxy) is 1. The Bertz CT molecular complexity index is 272. The van der Waals surface area contributed by atoms with E-state index in [1.54, 1.807) is 18.1 Å². The lowest BCUT2D eigenvalue weighted by Crippen LogP contribution is -2.34. The highest BCUT2D eigenvalue weighted by molar-refractivity contribution is 7.98. The van der Waals surface area contributed by atoms with Crippen LogP contribution in [-0.4, -0.2) is 61.7 Å². The highest BCUT2D eigenvalue weighted by Gasteiger charge is 2.28. The van der Waals surface area contributed by atoms with Crippen LogP contribution in [0.4, 0.5) is 0 Å². The van der Waals surface area contributed by atoms with E-state index >= 15 is 0 Å². The average Bonchev–Trinajstić information content (AvgIpc) is 2.77. The van der Waals surface area contributed by atoms with Crippen LogP contribution in [0.1, 0.15) is 12.8 Å². The van der Waals surface area contributed by atoms with Crippen LogP contribution in [0, 0.1) is 5.41 Å². The predicted octanol–water partition coefficient (Wildman–Crippen LogP) is 1.49. The maximum Gasteiger partial charge on any atom is 0.132 e. The van der Waals surface area contributed by atoms with Crippen molar-refractivity contribution in [2.24, 2.45) is 9.98 Å². The van der Waals surface area contributed by atoms with Crippen LogP contribution < -0.4 is 0 Å². The molecule has 1 fully saturated rings. The summed E-state index contributed by atoms with van der Waals surface area (Å²) in [5.74, 6) is 1.03. The van der Waals surface area contributed by atoms with Crippen molar-refractivity contribution in [3.8, 4) is 0 Å². The number of thioether (sulfide) groups is 1. The molecule has 17 heavy (non-hydrogen) atoms. The quantitative estimate of drug-likeness (QED) is 0.529. The van der Waals surface area contributed by atoms with Crippen LogP contribution in [0.25, 0.3) is 0 Å². The smallest absolute Gasteiger partial charge is 0.132 e. The highest BCUT2D eigenvalue weighted by Crippen LogP contribution is 2.23. The van der Waals surface area contributed by atoms with Gasteiger partial charge >= 0.3 is 0 Å². The molecule has 1 N–H and O–H groups in total. The van der Waals surface area contributed by atoms with Gasteiger partial charge < -0.3 is 15.0 Å². The van der Waals surface area contributed by atoms with Crippen molar-refractivity contribution >= 4 is 31.0 Å². The summed E-state index contributed by atoms with van der Waals surface area (Å²) >= 11 is 1.80. The Morgan fingerprint density at radius 3 is 3.06 bits per heavy atom. The van der Waals surface area contributed by atoms with Crippen LogP contribution in [0.5, 0.6) is 0 Å². The minimum Gasteiger partial charge on any atom is -0.354 e. The summed E-state index contributed by atoms with van der Waals surface area (Å²) in [4.78, 5) is 9.92. The molecule has 0 radical (unpaired) electrons. The molecule has 0 spiro atoms. The zero-order valence-corrected chi connectivity index (χ0v) is 11.0. The van der Waals surface area contributed by atoms with Gasteiger partial charge in [-0.15, -0.1) is 0 Å². The first-order valence-electron chi connectivity index (χ1n) is 5.63. The van der Waals surface area contributed by atoms with Gasteiger partial charge in [0, 0.05) is 12.0 Å². The molecular formula is C11H20N4OS. The van der Waals surface area contributed by atoms with E-state index in [2.05, 4.69) is 23.0 Å². The highest BCUT2D eigenvalue weighted by atomic mass is 32.2. The molecule has 0 bridgehead atoms. The Labute approximate surface area is 107 Å². The first-order valence-corrected chi connectivity index (χ1v) is 7.02. The molecule has 0 aromatic heterocycles. The molecule has 96 valence electrons. The lowest BCUT2D eigenvalue weighted by atomic mass is 10.2. The summed E-state index contributed by atoms with van der Waals surface area (Å²) in [6.07, 6.45) is 7.53. The van der Waals surface area contributed by atoms with Crippen LogP contribution in [0.3, 0.4) is 0 Å². The fourth-order valence-corrected chi connectivity index (χ4v) is 2.38. The lowest BCUT2D eigenvalue weighted by molar-refractivity contribution is -0.0110. The largest absolute Gasteiger partial charge is 0.354 e. The fraction of sp³-hybridized carbons (Fsp3) is 0.727. The Morgan fingerprint density at radius 1 is 1.59 bits per heavy atom. The van der Waals surface area contributed by atoms with Gasteiger partial charge in [-0.3, -0.25) is 9.98 Å². The summed E-state index contributed by atoms with van der Waals surface area (Å²) in [5, 5.41) is 6.92.